The van der Waals surface area contributed by atoms with Crippen LogP contribution >= 0.6 is 15.9 Å². The average molecular weight is 312 g/mol. The number of halogens is 2. The van der Waals surface area contributed by atoms with E-state index in [1.807, 2.05) is 6.08 Å². The first-order chi connectivity index (χ1) is 8.49. The number of benzene rings is 1. The van der Waals surface area contributed by atoms with Gasteiger partial charge in [-0.25, -0.2) is 14.2 Å². The predicted octanol–water partition coefficient (Wildman–Crippen LogP) is 3.56. The molecule has 0 spiro atoms. The number of carbonyl (C=O) groups is 1. The summed E-state index contributed by atoms with van der Waals surface area (Å²) in [5, 5.41) is 8.92. The minimum Gasteiger partial charge on any atom is -0.477 e. The Labute approximate surface area is 112 Å². The van der Waals surface area contributed by atoms with Crippen LogP contribution in [0, 0.1) is 12.7 Å². The zero-order valence-corrected chi connectivity index (χ0v) is 11.3. The first-order valence-corrected chi connectivity index (χ1v) is 6.25. The molecule has 0 unspecified atom stereocenters. The number of carboxylic acids is 1. The number of aliphatic carboxylic acids is 1. The summed E-state index contributed by atoms with van der Waals surface area (Å²) in [6, 6.07) is 3.14. The van der Waals surface area contributed by atoms with Crippen molar-refractivity contribution < 1.29 is 14.3 Å². The Bertz CT molecular complexity index is 555. The van der Waals surface area contributed by atoms with Gasteiger partial charge in [0.15, 0.2) is 0 Å². The van der Waals surface area contributed by atoms with Crippen molar-refractivity contribution in [1.29, 1.82) is 0 Å². The fourth-order valence-corrected chi connectivity index (χ4v) is 2.03. The smallest absolute Gasteiger partial charge is 0.350 e. The summed E-state index contributed by atoms with van der Waals surface area (Å²) >= 11 is 3.15. The number of hydrogen-bond acceptors (Lipinski definition) is 2. The van der Waals surface area contributed by atoms with Crippen LogP contribution in [0.1, 0.15) is 24.0 Å². The van der Waals surface area contributed by atoms with Gasteiger partial charge in [-0.15, -0.1) is 0 Å². The molecule has 0 aliphatic carbocycles. The first-order valence-electron chi connectivity index (χ1n) is 5.46. The van der Waals surface area contributed by atoms with Crippen molar-refractivity contribution in [3.8, 4) is 0 Å². The zero-order valence-electron chi connectivity index (χ0n) is 9.70. The van der Waals surface area contributed by atoms with E-state index in [0.717, 1.165) is 5.56 Å². The fraction of sp³-hybridized carbons (Fsp3) is 0.231. The SMILES string of the molecule is Cc1cc(C2=CCCC(C(=O)O)=N2)cc(F)c1Br. The summed E-state index contributed by atoms with van der Waals surface area (Å²) in [7, 11) is 0. The second-order valence-corrected chi connectivity index (χ2v) is 4.87. The molecule has 0 fully saturated rings. The minimum absolute atomic E-state index is 0.119. The van der Waals surface area contributed by atoms with E-state index in [4.69, 9.17) is 5.11 Å². The molecule has 3 nitrogen and oxygen atoms in total. The Kier molecular flexibility index (Phi) is 3.61. The van der Waals surface area contributed by atoms with E-state index in [-0.39, 0.29) is 11.5 Å². The maximum atomic E-state index is 13.6. The lowest BCUT2D eigenvalue weighted by atomic mass is 10.0. The van der Waals surface area contributed by atoms with Crippen LogP contribution in [0.3, 0.4) is 0 Å². The highest BCUT2D eigenvalue weighted by molar-refractivity contribution is 9.10. The number of aryl methyl sites for hydroxylation is 1. The quantitative estimate of drug-likeness (QED) is 0.908. The number of rotatable bonds is 2. The Morgan fingerprint density at radius 3 is 2.83 bits per heavy atom. The molecule has 94 valence electrons. The average Bonchev–Trinajstić information content (AvgIpc) is 2.35. The Hall–Kier alpha value is -1.49. The minimum atomic E-state index is -1.02. The van der Waals surface area contributed by atoms with E-state index in [9.17, 15) is 9.18 Å². The standard InChI is InChI=1S/C13H11BrFNO2/c1-7-5-8(6-9(15)12(7)14)10-3-2-4-11(16-10)13(17)18/h3,5-6H,2,4H2,1H3,(H,17,18). The Balaban J connectivity index is 2.44. The highest BCUT2D eigenvalue weighted by atomic mass is 79.9. The molecule has 1 aromatic rings. The lowest BCUT2D eigenvalue weighted by Gasteiger charge is -2.12. The monoisotopic (exact) mass is 311 g/mol. The third-order valence-corrected chi connectivity index (χ3v) is 3.73. The molecule has 0 amide bonds. The molecule has 0 radical (unpaired) electrons. The molecule has 1 heterocycles. The van der Waals surface area contributed by atoms with Crippen LogP contribution in [0.15, 0.2) is 27.7 Å². The topological polar surface area (TPSA) is 49.7 Å². The van der Waals surface area contributed by atoms with E-state index >= 15 is 0 Å². The number of allylic oxidation sites excluding steroid dienone is 1. The van der Waals surface area contributed by atoms with Gasteiger partial charge in [-0.05, 0) is 47.0 Å². The third-order valence-electron chi connectivity index (χ3n) is 2.73. The largest absolute Gasteiger partial charge is 0.477 e. The van der Waals surface area contributed by atoms with Gasteiger partial charge in [0, 0.05) is 12.0 Å². The summed E-state index contributed by atoms with van der Waals surface area (Å²) in [6.45, 7) is 1.78. The highest BCUT2D eigenvalue weighted by Crippen LogP contribution is 2.28. The number of hydrogen-bond donors (Lipinski definition) is 1. The first kappa shape index (κ1) is 13.0. The van der Waals surface area contributed by atoms with Crippen molar-refractivity contribution in [2.75, 3.05) is 0 Å². The van der Waals surface area contributed by atoms with Crippen molar-refractivity contribution in [1.82, 2.24) is 0 Å². The Morgan fingerprint density at radius 2 is 2.22 bits per heavy atom. The molecule has 1 aliphatic rings. The second kappa shape index (κ2) is 5.02. The van der Waals surface area contributed by atoms with Gasteiger partial charge in [0.25, 0.3) is 0 Å². The van der Waals surface area contributed by atoms with Crippen molar-refractivity contribution in [3.63, 3.8) is 0 Å². The van der Waals surface area contributed by atoms with E-state index in [0.29, 0.717) is 28.6 Å². The van der Waals surface area contributed by atoms with Crippen LogP contribution in [0.4, 0.5) is 4.39 Å². The maximum Gasteiger partial charge on any atom is 0.350 e. The molecule has 1 N–H and O–H groups in total. The van der Waals surface area contributed by atoms with Crippen LogP contribution in [-0.4, -0.2) is 16.8 Å². The summed E-state index contributed by atoms with van der Waals surface area (Å²) in [5.41, 5.74) is 2.00. The van der Waals surface area contributed by atoms with E-state index in [1.54, 1.807) is 13.0 Å². The third kappa shape index (κ3) is 2.51. The van der Waals surface area contributed by atoms with Gasteiger partial charge in [0.05, 0.1) is 10.2 Å². The summed E-state index contributed by atoms with van der Waals surface area (Å²) in [6.07, 6.45) is 2.85. The summed E-state index contributed by atoms with van der Waals surface area (Å²) in [4.78, 5) is 14.9. The molecule has 0 bridgehead atoms. The van der Waals surface area contributed by atoms with Crippen molar-refractivity contribution >= 4 is 33.3 Å². The molecule has 1 aliphatic heterocycles. The molecule has 2 rings (SSSR count). The molecule has 5 heteroatoms. The van der Waals surface area contributed by atoms with Gasteiger partial charge in [0.1, 0.15) is 11.5 Å². The van der Waals surface area contributed by atoms with Crippen LogP contribution in [-0.2, 0) is 4.79 Å². The molecule has 0 aromatic heterocycles. The van der Waals surface area contributed by atoms with Gasteiger partial charge in [-0.2, -0.15) is 0 Å². The highest BCUT2D eigenvalue weighted by Gasteiger charge is 2.16. The van der Waals surface area contributed by atoms with Gasteiger partial charge >= 0.3 is 5.97 Å². The Morgan fingerprint density at radius 1 is 1.50 bits per heavy atom. The molecule has 0 saturated carbocycles. The van der Waals surface area contributed by atoms with Gasteiger partial charge in [-0.3, -0.25) is 0 Å². The normalized spacial score (nSPS) is 15.1. The van der Waals surface area contributed by atoms with E-state index in [1.165, 1.54) is 6.07 Å². The number of nitrogens with zero attached hydrogens (tertiary/aromatic N) is 1. The predicted molar refractivity (Wildman–Crippen MR) is 71.1 cm³/mol. The number of carboxylic acid groups (broad SMARTS) is 1. The molecular formula is C13H11BrFNO2. The summed E-state index contributed by atoms with van der Waals surface area (Å²) < 4.78 is 14.0. The lowest BCUT2D eigenvalue weighted by molar-refractivity contribution is -0.129. The van der Waals surface area contributed by atoms with Crippen LogP contribution in [0.5, 0.6) is 0 Å². The van der Waals surface area contributed by atoms with Crippen molar-refractivity contribution in [3.05, 3.63) is 39.6 Å². The van der Waals surface area contributed by atoms with Crippen molar-refractivity contribution in [2.45, 2.75) is 19.8 Å². The number of aliphatic imine (C=N–C) groups is 1. The van der Waals surface area contributed by atoms with E-state index < -0.39 is 5.97 Å². The fourth-order valence-electron chi connectivity index (χ4n) is 1.80. The van der Waals surface area contributed by atoms with Gasteiger partial charge < -0.3 is 5.11 Å². The molecule has 0 atom stereocenters. The summed E-state index contributed by atoms with van der Waals surface area (Å²) in [5.74, 6) is -1.39. The van der Waals surface area contributed by atoms with Crippen LogP contribution < -0.4 is 0 Å². The maximum absolute atomic E-state index is 13.6. The van der Waals surface area contributed by atoms with Crippen LogP contribution in [0.2, 0.25) is 0 Å². The van der Waals surface area contributed by atoms with Gasteiger partial charge in [0.2, 0.25) is 0 Å². The van der Waals surface area contributed by atoms with Gasteiger partial charge in [-0.1, -0.05) is 6.08 Å². The molecule has 18 heavy (non-hydrogen) atoms. The molecule has 1 aromatic carbocycles. The second-order valence-electron chi connectivity index (χ2n) is 4.08. The van der Waals surface area contributed by atoms with Crippen LogP contribution in [0.25, 0.3) is 5.70 Å². The molecular weight excluding hydrogens is 301 g/mol. The zero-order chi connectivity index (χ0) is 13.3. The lowest BCUT2D eigenvalue weighted by Crippen LogP contribution is -2.14. The van der Waals surface area contributed by atoms with Crippen molar-refractivity contribution in [2.24, 2.45) is 4.99 Å². The molecule has 0 saturated heterocycles. The van der Waals surface area contributed by atoms with E-state index in [2.05, 4.69) is 20.9 Å².